The molecule has 13 nitrogen and oxygen atoms in total. The van der Waals surface area contributed by atoms with Gasteiger partial charge in [0.1, 0.15) is 11.8 Å². The first-order valence-corrected chi connectivity index (χ1v) is 15.9. The molecule has 0 fully saturated rings. The van der Waals surface area contributed by atoms with Crippen molar-refractivity contribution in [3.8, 4) is 5.75 Å². The lowest BCUT2D eigenvalue weighted by atomic mass is 9.80. The monoisotopic (exact) mass is 657 g/mol. The molecule has 2 unspecified atom stereocenters. The first-order valence-electron chi connectivity index (χ1n) is 15.9. The van der Waals surface area contributed by atoms with Crippen molar-refractivity contribution in [2.75, 3.05) is 26.9 Å². The van der Waals surface area contributed by atoms with Crippen molar-refractivity contribution in [2.45, 2.75) is 72.3 Å². The number of Topliss-reactive ketones (excluding diaryl/α,β-unsaturated/α-hetero) is 1. The summed E-state index contributed by atoms with van der Waals surface area (Å²) in [4.78, 5) is 52.4. The third kappa shape index (κ3) is 12.2. The number of alkyl carbamates (subject to hydrolysis) is 2. The third-order valence-corrected chi connectivity index (χ3v) is 7.54. The Morgan fingerprint density at radius 2 is 1.36 bits per heavy atom. The number of benzene rings is 2. The lowest BCUT2D eigenvalue weighted by Crippen LogP contribution is -2.57. The SMILES string of the molecule is CCOC(=O)N[C@H](C(=O)NN(Cc1ccc(OC)cc1)C[C@H](O)C(C(=O)[C@@H](NC(=O)OCC)C(C)C)C(N)c1ccccc1)C(C)C. The third-order valence-electron chi connectivity index (χ3n) is 7.54. The van der Waals surface area contributed by atoms with Gasteiger partial charge >= 0.3 is 12.2 Å². The van der Waals surface area contributed by atoms with Crippen LogP contribution in [0, 0.1) is 17.8 Å². The number of carbonyl (C=O) groups is 4. The van der Waals surface area contributed by atoms with Crippen LogP contribution in [0.5, 0.6) is 5.75 Å². The Kier molecular flexibility index (Phi) is 16.1. The van der Waals surface area contributed by atoms with E-state index in [1.165, 1.54) is 5.01 Å². The molecule has 5 atom stereocenters. The number of nitrogens with two attached hydrogens (primary N) is 1. The minimum absolute atomic E-state index is 0.114. The summed E-state index contributed by atoms with van der Waals surface area (Å²) in [6.45, 7) is 10.5. The number of hydrogen-bond donors (Lipinski definition) is 5. The first-order chi connectivity index (χ1) is 22.3. The largest absolute Gasteiger partial charge is 0.497 e. The Morgan fingerprint density at radius 3 is 1.85 bits per heavy atom. The quantitative estimate of drug-likeness (QED) is 0.149. The number of aliphatic hydroxyl groups is 1. The van der Waals surface area contributed by atoms with E-state index in [-0.39, 0.29) is 38.1 Å². The van der Waals surface area contributed by atoms with E-state index in [1.54, 1.807) is 97.2 Å². The van der Waals surface area contributed by atoms with Crippen LogP contribution in [-0.2, 0) is 25.6 Å². The van der Waals surface area contributed by atoms with Crippen LogP contribution >= 0.6 is 0 Å². The summed E-state index contributed by atoms with van der Waals surface area (Å²) in [6.07, 6.45) is -2.92. The van der Waals surface area contributed by atoms with Crippen molar-refractivity contribution in [1.82, 2.24) is 21.1 Å². The second-order valence-corrected chi connectivity index (χ2v) is 11.8. The summed E-state index contributed by atoms with van der Waals surface area (Å²) in [5, 5.41) is 18.5. The van der Waals surface area contributed by atoms with E-state index in [2.05, 4.69) is 16.1 Å². The molecule has 0 aromatic heterocycles. The number of ether oxygens (including phenoxy) is 3. The number of amides is 3. The van der Waals surface area contributed by atoms with Crippen LogP contribution in [0.3, 0.4) is 0 Å². The molecule has 6 N–H and O–H groups in total. The number of nitrogens with zero attached hydrogens (tertiary/aromatic N) is 1. The second-order valence-electron chi connectivity index (χ2n) is 11.8. The van der Waals surface area contributed by atoms with Gasteiger partial charge in [-0.05, 0) is 48.9 Å². The first kappa shape index (κ1) is 39.0. The summed E-state index contributed by atoms with van der Waals surface area (Å²) in [7, 11) is 1.55. The number of hydrogen-bond acceptors (Lipinski definition) is 10. The average molecular weight is 658 g/mol. The number of nitrogens with one attached hydrogen (secondary N) is 3. The Hall–Kier alpha value is -4.20. The van der Waals surface area contributed by atoms with E-state index in [0.29, 0.717) is 11.3 Å². The highest BCUT2D eigenvalue weighted by atomic mass is 16.6. The predicted molar refractivity (Wildman–Crippen MR) is 177 cm³/mol. The van der Waals surface area contributed by atoms with Gasteiger partial charge < -0.3 is 35.7 Å². The Morgan fingerprint density at radius 1 is 0.830 bits per heavy atom. The molecule has 0 radical (unpaired) electrons. The van der Waals surface area contributed by atoms with Crippen molar-refractivity contribution < 1.29 is 38.5 Å². The molecule has 0 saturated carbocycles. The summed E-state index contributed by atoms with van der Waals surface area (Å²) < 4.78 is 15.3. The Bertz CT molecular complexity index is 1280. The fraction of sp³-hybridized carbons (Fsp3) is 0.529. The fourth-order valence-electron chi connectivity index (χ4n) is 5.06. The number of methoxy groups -OCH3 is 1. The normalized spacial score (nSPS) is 14.5. The van der Waals surface area contributed by atoms with Crippen LogP contribution in [0.1, 0.15) is 58.7 Å². The van der Waals surface area contributed by atoms with Crippen LogP contribution in [0.4, 0.5) is 9.59 Å². The van der Waals surface area contributed by atoms with E-state index in [1.807, 2.05) is 6.07 Å². The topological polar surface area (TPSA) is 182 Å². The molecule has 47 heavy (non-hydrogen) atoms. The highest BCUT2D eigenvalue weighted by molar-refractivity contribution is 5.90. The van der Waals surface area contributed by atoms with Gasteiger partial charge in [0, 0.05) is 19.1 Å². The van der Waals surface area contributed by atoms with Crippen LogP contribution in [0.2, 0.25) is 0 Å². The van der Waals surface area contributed by atoms with Crippen molar-refractivity contribution >= 4 is 23.9 Å². The highest BCUT2D eigenvalue weighted by Crippen LogP contribution is 2.27. The van der Waals surface area contributed by atoms with Gasteiger partial charge in [0.05, 0.1) is 38.4 Å². The second kappa shape index (κ2) is 19.5. The van der Waals surface area contributed by atoms with Gasteiger partial charge in [0.25, 0.3) is 5.91 Å². The summed E-state index contributed by atoms with van der Waals surface area (Å²) in [5.74, 6) is -2.28. The zero-order valence-electron chi connectivity index (χ0n) is 28.4. The average Bonchev–Trinajstić information content (AvgIpc) is 3.03. The molecule has 0 aliphatic heterocycles. The van der Waals surface area contributed by atoms with Crippen molar-refractivity contribution in [2.24, 2.45) is 23.5 Å². The van der Waals surface area contributed by atoms with Gasteiger partial charge in [-0.1, -0.05) is 70.2 Å². The predicted octanol–water partition coefficient (Wildman–Crippen LogP) is 3.32. The highest BCUT2D eigenvalue weighted by Gasteiger charge is 2.40. The van der Waals surface area contributed by atoms with Crippen LogP contribution < -0.4 is 26.5 Å². The minimum atomic E-state index is -1.42. The molecule has 260 valence electrons. The standard InChI is InChI=1S/C34H51N5O8/c1-8-46-33(43)36-29(21(3)4)31(41)27(28(35)24-13-11-10-12-14-24)26(40)20-39(19-23-15-17-25(45-7)18-16-23)38-32(42)30(22(5)6)37-34(44)47-9-2/h10-18,21-22,26-30,40H,8-9,19-20,35H2,1-7H3,(H,36,43)(H,37,44)(H,38,42)/t26-,27?,28?,29-,30-/m0/s1. The summed E-state index contributed by atoms with van der Waals surface area (Å²) in [6, 6.07) is 13.1. The molecule has 2 aromatic rings. The maximum absolute atomic E-state index is 14.2. The maximum atomic E-state index is 14.2. The van der Waals surface area contributed by atoms with E-state index in [0.717, 1.165) is 5.56 Å². The molecular formula is C34H51N5O8. The van der Waals surface area contributed by atoms with Gasteiger partial charge in [0.15, 0.2) is 5.78 Å². The molecule has 0 bridgehead atoms. The minimum Gasteiger partial charge on any atom is -0.497 e. The van der Waals surface area contributed by atoms with E-state index >= 15 is 0 Å². The molecule has 0 aliphatic carbocycles. The van der Waals surface area contributed by atoms with Crippen molar-refractivity contribution in [1.29, 1.82) is 0 Å². The summed E-state index contributed by atoms with van der Waals surface area (Å²) >= 11 is 0. The fourth-order valence-corrected chi connectivity index (χ4v) is 5.06. The zero-order valence-corrected chi connectivity index (χ0v) is 28.4. The van der Waals surface area contributed by atoms with Crippen molar-refractivity contribution in [3.05, 3.63) is 65.7 Å². The molecule has 13 heteroatoms. The Labute approximate surface area is 277 Å². The van der Waals surface area contributed by atoms with Gasteiger partial charge in [-0.2, -0.15) is 0 Å². The van der Waals surface area contributed by atoms with Gasteiger partial charge in [0.2, 0.25) is 0 Å². The molecule has 0 aliphatic rings. The number of rotatable bonds is 18. The van der Waals surface area contributed by atoms with Gasteiger partial charge in [-0.3, -0.25) is 15.0 Å². The van der Waals surface area contributed by atoms with Crippen LogP contribution in [0.25, 0.3) is 0 Å². The lowest BCUT2D eigenvalue weighted by molar-refractivity contribution is -0.133. The van der Waals surface area contributed by atoms with Crippen LogP contribution in [-0.4, -0.2) is 79.0 Å². The smallest absolute Gasteiger partial charge is 0.407 e. The molecule has 3 amide bonds. The van der Waals surface area contributed by atoms with Gasteiger partial charge in [-0.25, -0.2) is 14.6 Å². The lowest BCUT2D eigenvalue weighted by Gasteiger charge is -2.35. The Balaban J connectivity index is 2.50. The van der Waals surface area contributed by atoms with E-state index in [4.69, 9.17) is 19.9 Å². The molecule has 0 heterocycles. The van der Waals surface area contributed by atoms with E-state index in [9.17, 15) is 24.3 Å². The molecular weight excluding hydrogens is 606 g/mol. The molecule has 2 rings (SSSR count). The van der Waals surface area contributed by atoms with E-state index < -0.39 is 54.0 Å². The number of hydrazine groups is 1. The molecule has 0 spiro atoms. The zero-order chi connectivity index (χ0) is 35.1. The number of carbonyl (C=O) groups excluding carboxylic acids is 4. The molecule has 0 saturated heterocycles. The van der Waals surface area contributed by atoms with Crippen LogP contribution in [0.15, 0.2) is 54.6 Å². The number of aliphatic hydroxyl groups excluding tert-OH is 1. The van der Waals surface area contributed by atoms with Gasteiger partial charge in [-0.15, -0.1) is 0 Å². The molecule has 2 aromatic carbocycles. The summed E-state index contributed by atoms with van der Waals surface area (Å²) in [5.41, 5.74) is 10.9. The maximum Gasteiger partial charge on any atom is 0.407 e. The number of ketones is 1. The van der Waals surface area contributed by atoms with Crippen molar-refractivity contribution in [3.63, 3.8) is 0 Å².